The zero-order valence-electron chi connectivity index (χ0n) is 12.7. The van der Waals surface area contributed by atoms with Crippen LogP contribution >= 0.6 is 0 Å². The molecule has 0 aliphatic heterocycles. The number of para-hydroxylation sites is 2. The van der Waals surface area contributed by atoms with E-state index in [2.05, 4.69) is 9.97 Å². The van der Waals surface area contributed by atoms with Crippen LogP contribution in [0.25, 0.3) is 27.5 Å². The average Bonchev–Trinajstić information content (AvgIpc) is 2.60. The summed E-state index contributed by atoms with van der Waals surface area (Å²) < 4.78 is 41.5. The van der Waals surface area contributed by atoms with Gasteiger partial charge in [0.15, 0.2) is 0 Å². The Morgan fingerprint density at radius 2 is 1.68 bits per heavy atom. The third kappa shape index (κ3) is 2.53. The summed E-state index contributed by atoms with van der Waals surface area (Å²) in [6, 6.07) is 14.8. The Bertz CT molecular complexity index is 1170. The van der Waals surface area contributed by atoms with E-state index in [1.165, 1.54) is 18.3 Å². The van der Waals surface area contributed by atoms with Crippen LogP contribution < -0.4 is 5.56 Å². The van der Waals surface area contributed by atoms with Gasteiger partial charge in [0.05, 0.1) is 28.3 Å². The maximum absolute atomic E-state index is 13.5. The molecule has 0 aliphatic carbocycles. The molecule has 0 N–H and O–H groups in total. The number of benzene rings is 2. The second-order valence-electron chi connectivity index (χ2n) is 5.48. The Balaban J connectivity index is 2.14. The van der Waals surface area contributed by atoms with E-state index < -0.39 is 17.6 Å². The maximum atomic E-state index is 13.5. The zero-order chi connectivity index (χ0) is 17.6. The van der Waals surface area contributed by atoms with E-state index in [0.29, 0.717) is 10.9 Å². The van der Waals surface area contributed by atoms with Gasteiger partial charge in [-0.15, -0.1) is 0 Å². The molecular formula is C18H10F3N3O. The van der Waals surface area contributed by atoms with E-state index in [1.54, 1.807) is 42.5 Å². The zero-order valence-corrected chi connectivity index (χ0v) is 12.7. The van der Waals surface area contributed by atoms with Gasteiger partial charge in [0.1, 0.15) is 0 Å². The largest absolute Gasteiger partial charge is 0.450 e. The minimum absolute atomic E-state index is 0.114. The molecule has 0 atom stereocenters. The lowest BCUT2D eigenvalue weighted by Gasteiger charge is -2.17. The van der Waals surface area contributed by atoms with E-state index in [0.717, 1.165) is 4.57 Å². The van der Waals surface area contributed by atoms with Crippen molar-refractivity contribution in [1.29, 1.82) is 0 Å². The number of alkyl halides is 3. The number of halogens is 3. The SMILES string of the molecule is O=c1nc(C(F)(F)F)n(-c2cnc3ccccc3c2)c2ccccc12. The van der Waals surface area contributed by atoms with Crippen molar-refractivity contribution >= 4 is 21.8 Å². The minimum atomic E-state index is -4.78. The first-order valence-corrected chi connectivity index (χ1v) is 7.39. The van der Waals surface area contributed by atoms with Crippen molar-refractivity contribution < 1.29 is 13.2 Å². The van der Waals surface area contributed by atoms with Gasteiger partial charge >= 0.3 is 6.18 Å². The molecule has 4 rings (SSSR count). The van der Waals surface area contributed by atoms with E-state index in [1.807, 2.05) is 0 Å². The molecule has 0 bridgehead atoms. The number of aromatic nitrogens is 3. The molecule has 0 saturated heterocycles. The summed E-state index contributed by atoms with van der Waals surface area (Å²) in [5, 5.41) is 0.805. The molecule has 0 fully saturated rings. The summed E-state index contributed by atoms with van der Waals surface area (Å²) in [5.74, 6) is -1.27. The van der Waals surface area contributed by atoms with Crippen LogP contribution in [0.4, 0.5) is 13.2 Å². The molecule has 0 saturated carbocycles. The Morgan fingerprint density at radius 3 is 2.48 bits per heavy atom. The molecule has 2 heterocycles. The summed E-state index contributed by atoms with van der Waals surface area (Å²) in [4.78, 5) is 19.5. The van der Waals surface area contributed by atoms with Gasteiger partial charge in [-0.2, -0.15) is 18.2 Å². The lowest BCUT2D eigenvalue weighted by atomic mass is 10.2. The summed E-state index contributed by atoms with van der Waals surface area (Å²) >= 11 is 0. The molecule has 2 aromatic carbocycles. The maximum Gasteiger partial charge on any atom is 0.450 e. The van der Waals surface area contributed by atoms with Crippen LogP contribution in [0.1, 0.15) is 5.82 Å². The summed E-state index contributed by atoms with van der Waals surface area (Å²) in [7, 11) is 0. The van der Waals surface area contributed by atoms with Crippen LogP contribution in [-0.4, -0.2) is 14.5 Å². The quantitative estimate of drug-likeness (QED) is 0.527. The molecule has 124 valence electrons. The predicted octanol–water partition coefficient (Wildman–Crippen LogP) is 3.95. The average molecular weight is 341 g/mol. The van der Waals surface area contributed by atoms with Crippen molar-refractivity contribution in [2.24, 2.45) is 0 Å². The fraction of sp³-hybridized carbons (Fsp3) is 0.0556. The van der Waals surface area contributed by atoms with Gasteiger partial charge in [-0.05, 0) is 24.3 Å². The number of hydrogen-bond acceptors (Lipinski definition) is 3. The fourth-order valence-corrected chi connectivity index (χ4v) is 2.80. The van der Waals surface area contributed by atoms with Crippen molar-refractivity contribution in [3.05, 3.63) is 77.0 Å². The highest BCUT2D eigenvalue weighted by Gasteiger charge is 2.37. The molecule has 7 heteroatoms. The van der Waals surface area contributed by atoms with Crippen LogP contribution in [0.3, 0.4) is 0 Å². The van der Waals surface area contributed by atoms with Gasteiger partial charge in [-0.3, -0.25) is 14.3 Å². The van der Waals surface area contributed by atoms with Crippen molar-refractivity contribution in [1.82, 2.24) is 14.5 Å². The standard InChI is InChI=1S/C18H10F3N3O/c19-18(20,21)17-23-16(25)13-6-2-4-8-15(13)24(17)12-9-11-5-1-3-7-14(11)22-10-12/h1-10H. The molecule has 25 heavy (non-hydrogen) atoms. The molecule has 0 amide bonds. The van der Waals surface area contributed by atoms with Gasteiger partial charge < -0.3 is 0 Å². The molecule has 0 radical (unpaired) electrons. The molecule has 2 aromatic heterocycles. The first kappa shape index (κ1) is 15.3. The van der Waals surface area contributed by atoms with Crippen molar-refractivity contribution in [3.8, 4) is 5.69 Å². The molecule has 0 spiro atoms. The lowest BCUT2D eigenvalue weighted by molar-refractivity contribution is -0.146. The lowest BCUT2D eigenvalue weighted by Crippen LogP contribution is -2.24. The fourth-order valence-electron chi connectivity index (χ4n) is 2.80. The van der Waals surface area contributed by atoms with Gasteiger partial charge in [0.2, 0.25) is 5.82 Å². The number of nitrogens with zero attached hydrogens (tertiary/aromatic N) is 3. The summed E-state index contributed by atoms with van der Waals surface area (Å²) in [6.07, 6.45) is -3.44. The van der Waals surface area contributed by atoms with Gasteiger partial charge in [0, 0.05) is 5.39 Å². The normalized spacial score (nSPS) is 12.0. The van der Waals surface area contributed by atoms with Crippen molar-refractivity contribution in [3.63, 3.8) is 0 Å². The van der Waals surface area contributed by atoms with E-state index in [4.69, 9.17) is 0 Å². The third-order valence-electron chi connectivity index (χ3n) is 3.88. The molecular weight excluding hydrogens is 331 g/mol. The van der Waals surface area contributed by atoms with Crippen LogP contribution in [0.5, 0.6) is 0 Å². The van der Waals surface area contributed by atoms with Gasteiger partial charge in [-0.25, -0.2) is 0 Å². The smallest absolute Gasteiger partial charge is 0.288 e. The molecule has 4 nitrogen and oxygen atoms in total. The van der Waals surface area contributed by atoms with Crippen molar-refractivity contribution in [2.75, 3.05) is 0 Å². The highest BCUT2D eigenvalue weighted by Crippen LogP contribution is 2.31. The Morgan fingerprint density at radius 1 is 0.960 bits per heavy atom. The molecule has 4 aromatic rings. The second kappa shape index (κ2) is 5.41. The summed E-state index contributed by atoms with van der Waals surface area (Å²) in [6.45, 7) is 0. The van der Waals surface area contributed by atoms with Crippen LogP contribution in [0.15, 0.2) is 65.6 Å². The van der Waals surface area contributed by atoms with Gasteiger partial charge in [0.25, 0.3) is 5.56 Å². The Hall–Kier alpha value is -3.22. The topological polar surface area (TPSA) is 47.8 Å². The summed E-state index contributed by atoms with van der Waals surface area (Å²) in [5.41, 5.74) is 0.0765. The van der Waals surface area contributed by atoms with Crippen LogP contribution in [0.2, 0.25) is 0 Å². The van der Waals surface area contributed by atoms with Crippen molar-refractivity contribution in [2.45, 2.75) is 6.18 Å². The minimum Gasteiger partial charge on any atom is -0.288 e. The monoisotopic (exact) mass is 341 g/mol. The Labute approximate surface area is 139 Å². The van der Waals surface area contributed by atoms with E-state index >= 15 is 0 Å². The second-order valence-corrected chi connectivity index (χ2v) is 5.48. The number of pyridine rings is 1. The first-order valence-electron chi connectivity index (χ1n) is 7.39. The molecule has 0 aliphatic rings. The number of hydrogen-bond donors (Lipinski definition) is 0. The highest BCUT2D eigenvalue weighted by atomic mass is 19.4. The highest BCUT2D eigenvalue weighted by molar-refractivity contribution is 5.83. The van der Waals surface area contributed by atoms with Crippen LogP contribution in [0, 0.1) is 0 Å². The third-order valence-corrected chi connectivity index (χ3v) is 3.88. The van der Waals surface area contributed by atoms with Crippen LogP contribution in [-0.2, 0) is 6.18 Å². The van der Waals surface area contributed by atoms with Gasteiger partial charge in [-0.1, -0.05) is 30.3 Å². The first-order chi connectivity index (χ1) is 11.9. The number of fused-ring (bicyclic) bond motifs is 2. The molecule has 0 unspecified atom stereocenters. The Kier molecular flexibility index (Phi) is 3.31. The predicted molar refractivity (Wildman–Crippen MR) is 87.6 cm³/mol. The number of rotatable bonds is 1. The van der Waals surface area contributed by atoms with E-state index in [-0.39, 0.29) is 16.6 Å². The van der Waals surface area contributed by atoms with E-state index in [9.17, 15) is 18.0 Å².